The van der Waals surface area contributed by atoms with Gasteiger partial charge in [0, 0.05) is 25.4 Å². The second-order valence-electron chi connectivity index (χ2n) is 5.74. The Balaban J connectivity index is 1.87. The first kappa shape index (κ1) is 18.1. The van der Waals surface area contributed by atoms with E-state index in [9.17, 15) is 9.18 Å². The lowest BCUT2D eigenvalue weighted by molar-refractivity contribution is -0.121. The van der Waals surface area contributed by atoms with E-state index in [1.54, 1.807) is 18.2 Å². The topological polar surface area (TPSA) is 81.1 Å². The number of benzene rings is 1. The summed E-state index contributed by atoms with van der Waals surface area (Å²) in [6.45, 7) is 2.54. The van der Waals surface area contributed by atoms with Crippen molar-refractivity contribution in [1.82, 2.24) is 10.3 Å². The fraction of sp³-hybridized carbons (Fsp3) is 0.444. The van der Waals surface area contributed by atoms with Gasteiger partial charge >= 0.3 is 0 Å². The molecule has 3 N–H and O–H groups in total. The number of nitrogens with two attached hydrogens (primary N) is 1. The molecular formula is C18H24FN3O2. The number of carbonyl (C=O) groups excluding carboxylic acids is 1. The van der Waals surface area contributed by atoms with Crippen LogP contribution in [0.3, 0.4) is 0 Å². The lowest BCUT2D eigenvalue weighted by Gasteiger charge is -2.16. The predicted molar refractivity (Wildman–Crippen MR) is 90.7 cm³/mol. The number of nitrogens with one attached hydrogen (secondary N) is 1. The van der Waals surface area contributed by atoms with E-state index < -0.39 is 0 Å². The third-order valence-corrected chi connectivity index (χ3v) is 3.81. The van der Waals surface area contributed by atoms with Crippen molar-refractivity contribution >= 4 is 5.91 Å². The molecule has 1 aromatic heterocycles. The number of unbranched alkanes of at least 4 members (excludes halogenated alkanes) is 1. The first-order valence-corrected chi connectivity index (χ1v) is 8.33. The molecule has 0 spiro atoms. The number of aryl methyl sites for hydroxylation is 1. The standard InChI is InChI=1S/C18H24FN3O2/c1-2-3-6-13(11-20)22-17(23)9-10-18-21-12-16(24-18)14-7-4-5-8-15(14)19/h4-5,7-8,12-13H,2-3,6,9-11,20H2,1H3,(H,22,23). The van der Waals surface area contributed by atoms with Crippen LogP contribution in [0, 0.1) is 5.82 Å². The highest BCUT2D eigenvalue weighted by atomic mass is 19.1. The van der Waals surface area contributed by atoms with Crippen LogP contribution in [0.4, 0.5) is 4.39 Å². The van der Waals surface area contributed by atoms with Crippen LogP contribution < -0.4 is 11.1 Å². The van der Waals surface area contributed by atoms with Crippen LogP contribution in [0.1, 0.15) is 38.5 Å². The van der Waals surface area contributed by atoms with Gasteiger partial charge in [-0.05, 0) is 18.6 Å². The van der Waals surface area contributed by atoms with Crippen LogP contribution in [0.2, 0.25) is 0 Å². The van der Waals surface area contributed by atoms with E-state index in [0.29, 0.717) is 30.2 Å². The summed E-state index contributed by atoms with van der Waals surface area (Å²) < 4.78 is 19.3. The highest BCUT2D eigenvalue weighted by molar-refractivity contribution is 5.76. The molecule has 130 valence electrons. The number of aromatic nitrogens is 1. The van der Waals surface area contributed by atoms with Crippen LogP contribution in [0.25, 0.3) is 11.3 Å². The quantitative estimate of drug-likeness (QED) is 0.739. The van der Waals surface area contributed by atoms with Crippen molar-refractivity contribution in [2.75, 3.05) is 6.54 Å². The largest absolute Gasteiger partial charge is 0.441 e. The van der Waals surface area contributed by atoms with Gasteiger partial charge in [-0.2, -0.15) is 0 Å². The number of carbonyl (C=O) groups is 1. The normalized spacial score (nSPS) is 12.1. The molecule has 2 aromatic rings. The first-order chi connectivity index (χ1) is 11.6. The lowest BCUT2D eigenvalue weighted by Crippen LogP contribution is -2.40. The summed E-state index contributed by atoms with van der Waals surface area (Å²) in [6, 6.07) is 6.36. The SMILES string of the molecule is CCCCC(CN)NC(=O)CCc1ncc(-c2ccccc2F)o1. The van der Waals surface area contributed by atoms with Gasteiger partial charge in [0.2, 0.25) is 5.91 Å². The van der Waals surface area contributed by atoms with Crippen molar-refractivity contribution in [3.63, 3.8) is 0 Å². The summed E-state index contributed by atoms with van der Waals surface area (Å²) in [7, 11) is 0. The molecule has 2 rings (SSSR count). The maximum atomic E-state index is 13.7. The zero-order valence-electron chi connectivity index (χ0n) is 13.9. The molecule has 1 amide bonds. The van der Waals surface area contributed by atoms with Crippen molar-refractivity contribution in [1.29, 1.82) is 0 Å². The van der Waals surface area contributed by atoms with E-state index in [-0.39, 0.29) is 24.2 Å². The Morgan fingerprint density at radius 1 is 1.42 bits per heavy atom. The number of hydrogen-bond acceptors (Lipinski definition) is 4. The van der Waals surface area contributed by atoms with E-state index in [2.05, 4.69) is 17.2 Å². The van der Waals surface area contributed by atoms with E-state index in [4.69, 9.17) is 10.2 Å². The molecule has 0 radical (unpaired) electrons. The van der Waals surface area contributed by atoms with Crippen LogP contribution in [0.5, 0.6) is 0 Å². The van der Waals surface area contributed by atoms with Crippen molar-refractivity contribution in [2.24, 2.45) is 5.73 Å². The van der Waals surface area contributed by atoms with Gasteiger partial charge in [0.25, 0.3) is 0 Å². The van der Waals surface area contributed by atoms with Crippen molar-refractivity contribution in [3.05, 3.63) is 42.2 Å². The molecule has 6 heteroatoms. The van der Waals surface area contributed by atoms with Gasteiger partial charge in [0.1, 0.15) is 5.82 Å². The van der Waals surface area contributed by atoms with Crippen LogP contribution in [-0.4, -0.2) is 23.5 Å². The molecule has 0 aliphatic carbocycles. The molecule has 0 fully saturated rings. The Bertz CT molecular complexity index is 657. The Labute approximate surface area is 141 Å². The molecule has 0 aliphatic heterocycles. The second-order valence-corrected chi connectivity index (χ2v) is 5.74. The number of nitrogens with zero attached hydrogens (tertiary/aromatic N) is 1. The molecule has 24 heavy (non-hydrogen) atoms. The number of hydrogen-bond donors (Lipinski definition) is 2. The van der Waals surface area contributed by atoms with Gasteiger partial charge in [-0.1, -0.05) is 31.9 Å². The van der Waals surface area contributed by atoms with E-state index in [1.807, 2.05) is 0 Å². The number of amides is 1. The fourth-order valence-corrected chi connectivity index (χ4v) is 2.43. The van der Waals surface area contributed by atoms with Gasteiger partial charge in [-0.25, -0.2) is 9.37 Å². The molecule has 1 atom stereocenters. The highest BCUT2D eigenvalue weighted by Crippen LogP contribution is 2.23. The number of oxazole rings is 1. The average Bonchev–Trinajstić information content (AvgIpc) is 3.06. The predicted octanol–water partition coefficient (Wildman–Crippen LogP) is 3.05. The average molecular weight is 333 g/mol. The van der Waals surface area contributed by atoms with E-state index >= 15 is 0 Å². The minimum Gasteiger partial charge on any atom is -0.441 e. The zero-order chi connectivity index (χ0) is 17.4. The number of halogens is 1. The fourth-order valence-electron chi connectivity index (χ4n) is 2.43. The van der Waals surface area contributed by atoms with E-state index in [0.717, 1.165) is 19.3 Å². The van der Waals surface area contributed by atoms with E-state index in [1.165, 1.54) is 12.3 Å². The van der Waals surface area contributed by atoms with Gasteiger partial charge < -0.3 is 15.5 Å². The molecule has 0 bridgehead atoms. The molecule has 5 nitrogen and oxygen atoms in total. The zero-order valence-corrected chi connectivity index (χ0v) is 13.9. The molecule has 0 saturated heterocycles. The van der Waals surface area contributed by atoms with Crippen LogP contribution in [-0.2, 0) is 11.2 Å². The summed E-state index contributed by atoms with van der Waals surface area (Å²) in [5, 5.41) is 2.93. The Kier molecular flexibility index (Phi) is 6.93. The van der Waals surface area contributed by atoms with Gasteiger partial charge in [0.05, 0.1) is 11.8 Å². The summed E-state index contributed by atoms with van der Waals surface area (Å²) in [5.41, 5.74) is 6.03. The summed E-state index contributed by atoms with van der Waals surface area (Å²) in [4.78, 5) is 16.1. The molecule has 1 aromatic carbocycles. The van der Waals surface area contributed by atoms with Crippen LogP contribution in [0.15, 0.2) is 34.9 Å². The maximum Gasteiger partial charge on any atom is 0.220 e. The summed E-state index contributed by atoms with van der Waals surface area (Å²) >= 11 is 0. The third-order valence-electron chi connectivity index (χ3n) is 3.81. The number of rotatable bonds is 9. The Morgan fingerprint density at radius 2 is 2.21 bits per heavy atom. The molecular weight excluding hydrogens is 309 g/mol. The van der Waals surface area contributed by atoms with Gasteiger partial charge in [-0.15, -0.1) is 0 Å². The smallest absolute Gasteiger partial charge is 0.220 e. The first-order valence-electron chi connectivity index (χ1n) is 8.33. The maximum absolute atomic E-state index is 13.7. The molecule has 0 aliphatic rings. The van der Waals surface area contributed by atoms with Crippen LogP contribution >= 0.6 is 0 Å². The lowest BCUT2D eigenvalue weighted by atomic mass is 10.1. The summed E-state index contributed by atoms with van der Waals surface area (Å²) in [6.07, 6.45) is 5.10. The van der Waals surface area contributed by atoms with Gasteiger partial charge in [-0.3, -0.25) is 4.79 Å². The minimum absolute atomic E-state index is 0.0102. The highest BCUT2D eigenvalue weighted by Gasteiger charge is 2.13. The molecule has 1 heterocycles. The monoisotopic (exact) mass is 333 g/mol. The third kappa shape index (κ3) is 5.16. The van der Waals surface area contributed by atoms with Crippen molar-refractivity contribution in [2.45, 2.75) is 45.1 Å². The summed E-state index contributed by atoms with van der Waals surface area (Å²) in [5.74, 6) is 0.347. The second kappa shape index (κ2) is 9.17. The van der Waals surface area contributed by atoms with Gasteiger partial charge in [0.15, 0.2) is 11.7 Å². The molecule has 1 unspecified atom stereocenters. The molecule has 0 saturated carbocycles. The Hall–Kier alpha value is -2.21. The van der Waals surface area contributed by atoms with Crippen molar-refractivity contribution in [3.8, 4) is 11.3 Å². The Morgan fingerprint density at radius 3 is 2.92 bits per heavy atom. The minimum atomic E-state index is -0.361. The van der Waals surface area contributed by atoms with Crippen molar-refractivity contribution < 1.29 is 13.6 Å².